The van der Waals surface area contributed by atoms with Gasteiger partial charge in [0.05, 0.1) is 5.69 Å². The number of aliphatic carboxylic acids is 1. The van der Waals surface area contributed by atoms with Gasteiger partial charge in [-0.15, -0.1) is 0 Å². The molecule has 1 unspecified atom stereocenters. The molecular formula is C10H9BrFNO3. The molecule has 0 spiro atoms. The van der Waals surface area contributed by atoms with E-state index < -0.39 is 23.6 Å². The highest BCUT2D eigenvalue weighted by molar-refractivity contribution is 9.10. The lowest BCUT2D eigenvalue weighted by Crippen LogP contribution is -2.27. The number of anilines is 1. The summed E-state index contributed by atoms with van der Waals surface area (Å²) in [7, 11) is 0. The van der Waals surface area contributed by atoms with Gasteiger partial charge < -0.3 is 10.4 Å². The van der Waals surface area contributed by atoms with Gasteiger partial charge in [0.15, 0.2) is 0 Å². The molecule has 0 bridgehead atoms. The van der Waals surface area contributed by atoms with Crippen LogP contribution in [0.2, 0.25) is 0 Å². The number of benzene rings is 1. The van der Waals surface area contributed by atoms with Gasteiger partial charge in [-0.25, -0.2) is 4.39 Å². The Morgan fingerprint density at radius 1 is 1.50 bits per heavy atom. The molecule has 0 aliphatic carbocycles. The van der Waals surface area contributed by atoms with Crippen molar-refractivity contribution in [3.8, 4) is 0 Å². The van der Waals surface area contributed by atoms with Crippen LogP contribution in [0.25, 0.3) is 0 Å². The number of hydrogen-bond donors (Lipinski definition) is 2. The van der Waals surface area contributed by atoms with E-state index in [9.17, 15) is 14.0 Å². The summed E-state index contributed by atoms with van der Waals surface area (Å²) in [6, 6.07) is 4.08. The van der Waals surface area contributed by atoms with Crippen molar-refractivity contribution >= 4 is 33.5 Å². The molecule has 0 aliphatic heterocycles. The molecule has 0 radical (unpaired) electrons. The summed E-state index contributed by atoms with van der Waals surface area (Å²) in [6.07, 6.45) is 0. The first kappa shape index (κ1) is 12.6. The second-order valence-corrected chi connectivity index (χ2v) is 4.09. The number of halogens is 2. The van der Waals surface area contributed by atoms with Crippen molar-refractivity contribution in [1.29, 1.82) is 0 Å². The van der Waals surface area contributed by atoms with E-state index in [1.54, 1.807) is 6.07 Å². The molecule has 4 nitrogen and oxygen atoms in total. The molecule has 2 N–H and O–H groups in total. The van der Waals surface area contributed by atoms with E-state index in [1.165, 1.54) is 19.1 Å². The van der Waals surface area contributed by atoms with Gasteiger partial charge in [-0.1, -0.05) is 15.9 Å². The van der Waals surface area contributed by atoms with Crippen molar-refractivity contribution in [2.75, 3.05) is 5.32 Å². The molecule has 0 aliphatic rings. The van der Waals surface area contributed by atoms with Gasteiger partial charge in [-0.2, -0.15) is 0 Å². The summed E-state index contributed by atoms with van der Waals surface area (Å²) in [5, 5.41) is 10.8. The molecule has 0 aromatic heterocycles. The Hall–Kier alpha value is -1.43. The number of carboxylic acids is 1. The van der Waals surface area contributed by atoms with E-state index in [4.69, 9.17) is 5.11 Å². The number of carboxylic acid groups (broad SMARTS) is 1. The molecule has 0 saturated heterocycles. The standard InChI is InChI=1S/C10H9BrFNO3/c1-5(10(15)16)9(14)13-8-3-2-6(11)4-7(8)12/h2-5H,1H3,(H,13,14)(H,15,16). The van der Waals surface area contributed by atoms with E-state index in [2.05, 4.69) is 21.2 Å². The van der Waals surface area contributed by atoms with Crippen LogP contribution in [-0.2, 0) is 9.59 Å². The van der Waals surface area contributed by atoms with Crippen LogP contribution < -0.4 is 5.32 Å². The van der Waals surface area contributed by atoms with Gasteiger partial charge in [-0.05, 0) is 25.1 Å². The maximum atomic E-state index is 13.3. The summed E-state index contributed by atoms with van der Waals surface area (Å²) in [5.74, 6) is -3.85. The zero-order chi connectivity index (χ0) is 12.3. The van der Waals surface area contributed by atoms with E-state index in [0.29, 0.717) is 4.47 Å². The van der Waals surface area contributed by atoms with Gasteiger partial charge in [0.1, 0.15) is 11.7 Å². The number of rotatable bonds is 3. The quantitative estimate of drug-likeness (QED) is 0.839. The largest absolute Gasteiger partial charge is 0.481 e. The number of nitrogens with one attached hydrogen (secondary N) is 1. The summed E-state index contributed by atoms with van der Waals surface area (Å²) < 4.78 is 13.8. The lowest BCUT2D eigenvalue weighted by molar-refractivity contribution is -0.144. The predicted molar refractivity (Wildman–Crippen MR) is 59.5 cm³/mol. The second-order valence-electron chi connectivity index (χ2n) is 3.17. The van der Waals surface area contributed by atoms with Gasteiger partial charge in [-0.3, -0.25) is 9.59 Å². The monoisotopic (exact) mass is 289 g/mol. The Morgan fingerprint density at radius 2 is 2.12 bits per heavy atom. The van der Waals surface area contributed by atoms with Crippen molar-refractivity contribution in [2.45, 2.75) is 6.92 Å². The van der Waals surface area contributed by atoms with Crippen LogP contribution in [0.5, 0.6) is 0 Å². The fraction of sp³-hybridized carbons (Fsp3) is 0.200. The van der Waals surface area contributed by atoms with Crippen molar-refractivity contribution in [3.05, 3.63) is 28.5 Å². The molecule has 16 heavy (non-hydrogen) atoms. The third-order valence-electron chi connectivity index (χ3n) is 1.95. The summed E-state index contributed by atoms with van der Waals surface area (Å²) in [5.41, 5.74) is -0.0405. The van der Waals surface area contributed by atoms with Crippen LogP contribution in [-0.4, -0.2) is 17.0 Å². The second kappa shape index (κ2) is 5.07. The van der Waals surface area contributed by atoms with Crippen LogP contribution in [0.3, 0.4) is 0 Å². The average Bonchev–Trinajstić information content (AvgIpc) is 2.20. The highest BCUT2D eigenvalue weighted by atomic mass is 79.9. The molecule has 0 heterocycles. The van der Waals surface area contributed by atoms with Crippen molar-refractivity contribution in [3.63, 3.8) is 0 Å². The Bertz CT molecular complexity index is 436. The van der Waals surface area contributed by atoms with Crippen LogP contribution in [0.1, 0.15) is 6.92 Å². The number of hydrogen-bond acceptors (Lipinski definition) is 2. The molecular weight excluding hydrogens is 281 g/mol. The normalized spacial score (nSPS) is 11.9. The lowest BCUT2D eigenvalue weighted by Gasteiger charge is -2.09. The van der Waals surface area contributed by atoms with Gasteiger partial charge >= 0.3 is 5.97 Å². The van der Waals surface area contributed by atoms with E-state index in [-0.39, 0.29) is 5.69 Å². The Morgan fingerprint density at radius 3 is 2.62 bits per heavy atom. The zero-order valence-corrected chi connectivity index (χ0v) is 9.92. The highest BCUT2D eigenvalue weighted by Gasteiger charge is 2.21. The van der Waals surface area contributed by atoms with Crippen LogP contribution in [0.4, 0.5) is 10.1 Å². The SMILES string of the molecule is CC(C(=O)O)C(=O)Nc1ccc(Br)cc1F. The molecule has 1 aromatic rings. The summed E-state index contributed by atoms with van der Waals surface area (Å²) in [6.45, 7) is 1.23. The molecule has 1 amide bonds. The number of amides is 1. The average molecular weight is 290 g/mol. The third-order valence-corrected chi connectivity index (χ3v) is 2.45. The van der Waals surface area contributed by atoms with Gasteiger partial charge in [0, 0.05) is 4.47 Å². The fourth-order valence-electron chi connectivity index (χ4n) is 0.944. The number of carbonyl (C=O) groups is 2. The highest BCUT2D eigenvalue weighted by Crippen LogP contribution is 2.19. The lowest BCUT2D eigenvalue weighted by atomic mass is 10.1. The smallest absolute Gasteiger partial charge is 0.315 e. The first-order valence-corrected chi connectivity index (χ1v) is 5.20. The minimum atomic E-state index is -1.25. The molecule has 0 saturated carbocycles. The summed E-state index contributed by atoms with van der Waals surface area (Å²) >= 11 is 3.07. The van der Waals surface area contributed by atoms with Crippen LogP contribution in [0.15, 0.2) is 22.7 Å². The molecule has 0 fully saturated rings. The van der Waals surface area contributed by atoms with Crippen LogP contribution in [0, 0.1) is 11.7 Å². The van der Waals surface area contributed by atoms with Crippen molar-refractivity contribution in [2.24, 2.45) is 5.92 Å². The Balaban J connectivity index is 2.81. The molecule has 6 heteroatoms. The van der Waals surface area contributed by atoms with Crippen molar-refractivity contribution < 1.29 is 19.1 Å². The van der Waals surface area contributed by atoms with Gasteiger partial charge in [0.25, 0.3) is 0 Å². The van der Waals surface area contributed by atoms with Gasteiger partial charge in [0.2, 0.25) is 5.91 Å². The molecule has 1 aromatic carbocycles. The Kier molecular flexibility index (Phi) is 4.00. The van der Waals surface area contributed by atoms with Crippen LogP contribution >= 0.6 is 15.9 Å². The number of carbonyl (C=O) groups excluding carboxylic acids is 1. The van der Waals surface area contributed by atoms with E-state index >= 15 is 0 Å². The fourth-order valence-corrected chi connectivity index (χ4v) is 1.28. The minimum Gasteiger partial charge on any atom is -0.481 e. The van der Waals surface area contributed by atoms with E-state index in [1.807, 2.05) is 0 Å². The third kappa shape index (κ3) is 3.03. The predicted octanol–water partition coefficient (Wildman–Crippen LogP) is 2.25. The maximum absolute atomic E-state index is 13.3. The maximum Gasteiger partial charge on any atom is 0.315 e. The van der Waals surface area contributed by atoms with E-state index in [0.717, 1.165) is 0 Å². The topological polar surface area (TPSA) is 66.4 Å². The first-order chi connectivity index (χ1) is 7.41. The summed E-state index contributed by atoms with van der Waals surface area (Å²) in [4.78, 5) is 21.8. The molecule has 1 atom stereocenters. The Labute approximate surface area is 99.6 Å². The minimum absolute atomic E-state index is 0.0405. The first-order valence-electron chi connectivity index (χ1n) is 4.40. The molecule has 86 valence electrons. The van der Waals surface area contributed by atoms with Crippen molar-refractivity contribution in [1.82, 2.24) is 0 Å². The zero-order valence-electron chi connectivity index (χ0n) is 8.33. The molecule has 1 rings (SSSR count).